The number of hydrogen-bond acceptors (Lipinski definition) is 4. The predicted octanol–water partition coefficient (Wildman–Crippen LogP) is 3.58. The van der Waals surface area contributed by atoms with Gasteiger partial charge in [0.05, 0.1) is 11.1 Å². The van der Waals surface area contributed by atoms with E-state index in [0.29, 0.717) is 31.8 Å². The number of aromatic nitrogens is 1. The summed E-state index contributed by atoms with van der Waals surface area (Å²) >= 11 is 0. The first kappa shape index (κ1) is 16.5. The minimum Gasteiger partial charge on any atom is -0.481 e. The van der Waals surface area contributed by atoms with Gasteiger partial charge in [0, 0.05) is 18.7 Å². The van der Waals surface area contributed by atoms with Gasteiger partial charge in [0.2, 0.25) is 5.89 Å². The Kier molecular flexibility index (Phi) is 4.81. The van der Waals surface area contributed by atoms with Crippen molar-refractivity contribution >= 4 is 5.97 Å². The van der Waals surface area contributed by atoms with Crippen molar-refractivity contribution in [3.05, 3.63) is 54.9 Å². The molecule has 0 radical (unpaired) electrons. The van der Waals surface area contributed by atoms with Crippen molar-refractivity contribution in [1.29, 1.82) is 0 Å². The first-order valence-electron chi connectivity index (χ1n) is 8.19. The number of oxazole rings is 1. The Morgan fingerprint density at radius 3 is 2.92 bits per heavy atom. The quantitative estimate of drug-likeness (QED) is 0.822. The van der Waals surface area contributed by atoms with E-state index >= 15 is 0 Å². The molecule has 1 aromatic carbocycles. The molecule has 2 aromatic rings. The lowest BCUT2D eigenvalue weighted by molar-refractivity contribution is -0.152. The van der Waals surface area contributed by atoms with Crippen molar-refractivity contribution in [1.82, 2.24) is 9.88 Å². The van der Waals surface area contributed by atoms with E-state index in [1.165, 1.54) is 0 Å². The van der Waals surface area contributed by atoms with Crippen LogP contribution in [0.15, 0.2) is 53.7 Å². The van der Waals surface area contributed by atoms with Crippen LogP contribution in [-0.2, 0) is 11.3 Å². The maximum Gasteiger partial charge on any atom is 0.311 e. The Bertz CT molecular complexity index is 710. The summed E-state index contributed by atoms with van der Waals surface area (Å²) in [7, 11) is 0. The molecule has 1 saturated heterocycles. The van der Waals surface area contributed by atoms with Gasteiger partial charge in [-0.1, -0.05) is 24.3 Å². The molecule has 0 saturated carbocycles. The molecule has 1 aromatic heterocycles. The van der Waals surface area contributed by atoms with Gasteiger partial charge in [0.25, 0.3) is 0 Å². The van der Waals surface area contributed by atoms with E-state index in [-0.39, 0.29) is 0 Å². The molecule has 0 amide bonds. The van der Waals surface area contributed by atoms with Crippen LogP contribution in [0.2, 0.25) is 0 Å². The molecule has 0 aliphatic carbocycles. The van der Waals surface area contributed by atoms with Crippen LogP contribution in [-0.4, -0.2) is 34.0 Å². The summed E-state index contributed by atoms with van der Waals surface area (Å²) in [5, 5.41) is 9.65. The molecule has 1 aliphatic heterocycles. The average Bonchev–Trinajstić information content (AvgIpc) is 3.04. The zero-order chi connectivity index (χ0) is 17.0. The summed E-state index contributed by atoms with van der Waals surface area (Å²) in [6.45, 7) is 5.71. The standard InChI is InChI=1S/C19H22N2O3/c1-2-9-19(18(22)23)10-6-11-21(14-19)12-16-13-24-17(20-16)15-7-4-3-5-8-15/h2-5,7-8,13H,1,6,9-12,14H2,(H,22,23). The fourth-order valence-corrected chi connectivity index (χ4v) is 3.39. The largest absolute Gasteiger partial charge is 0.481 e. The molecule has 0 spiro atoms. The van der Waals surface area contributed by atoms with Crippen molar-refractivity contribution in [2.24, 2.45) is 5.41 Å². The van der Waals surface area contributed by atoms with Crippen LogP contribution in [0.4, 0.5) is 0 Å². The fourth-order valence-electron chi connectivity index (χ4n) is 3.39. The fraction of sp³-hybridized carbons (Fsp3) is 0.368. The molecule has 1 atom stereocenters. The lowest BCUT2D eigenvalue weighted by Crippen LogP contribution is -2.47. The molecule has 126 valence electrons. The summed E-state index contributed by atoms with van der Waals surface area (Å²) in [6.07, 6.45) is 5.42. The average molecular weight is 326 g/mol. The van der Waals surface area contributed by atoms with E-state index in [9.17, 15) is 9.90 Å². The SMILES string of the molecule is C=CCC1(C(=O)O)CCCN(Cc2coc(-c3ccccc3)n2)C1. The summed E-state index contributed by atoms with van der Waals surface area (Å²) < 4.78 is 5.57. The highest BCUT2D eigenvalue weighted by Gasteiger charge is 2.41. The number of nitrogens with zero attached hydrogens (tertiary/aromatic N) is 2. The second kappa shape index (κ2) is 7.01. The Labute approximate surface area is 141 Å². The van der Waals surface area contributed by atoms with Crippen LogP contribution < -0.4 is 0 Å². The van der Waals surface area contributed by atoms with Crippen LogP contribution >= 0.6 is 0 Å². The second-order valence-electron chi connectivity index (χ2n) is 6.40. The van der Waals surface area contributed by atoms with Gasteiger partial charge in [-0.25, -0.2) is 4.98 Å². The van der Waals surface area contributed by atoms with Crippen LogP contribution in [0.5, 0.6) is 0 Å². The van der Waals surface area contributed by atoms with Crippen molar-refractivity contribution in [3.63, 3.8) is 0 Å². The van der Waals surface area contributed by atoms with Crippen molar-refractivity contribution < 1.29 is 14.3 Å². The molecular formula is C19H22N2O3. The van der Waals surface area contributed by atoms with E-state index in [2.05, 4.69) is 16.5 Å². The van der Waals surface area contributed by atoms with E-state index in [1.807, 2.05) is 30.3 Å². The maximum atomic E-state index is 11.7. The van der Waals surface area contributed by atoms with Crippen LogP contribution in [0.1, 0.15) is 25.0 Å². The van der Waals surface area contributed by atoms with Crippen molar-refractivity contribution in [2.75, 3.05) is 13.1 Å². The van der Waals surface area contributed by atoms with Gasteiger partial charge < -0.3 is 9.52 Å². The first-order chi connectivity index (χ1) is 11.6. The van der Waals surface area contributed by atoms with Gasteiger partial charge in [-0.2, -0.15) is 0 Å². The van der Waals surface area contributed by atoms with E-state index in [0.717, 1.165) is 24.2 Å². The van der Waals surface area contributed by atoms with E-state index in [4.69, 9.17) is 4.42 Å². The molecule has 2 heterocycles. The summed E-state index contributed by atoms with van der Waals surface area (Å²) in [5.74, 6) is -0.143. The number of rotatable bonds is 6. The predicted molar refractivity (Wildman–Crippen MR) is 91.3 cm³/mol. The number of allylic oxidation sites excluding steroid dienone is 1. The number of piperidine rings is 1. The summed E-state index contributed by atoms with van der Waals surface area (Å²) in [5.41, 5.74) is 1.04. The van der Waals surface area contributed by atoms with Gasteiger partial charge in [-0.05, 0) is 37.9 Å². The highest BCUT2D eigenvalue weighted by atomic mass is 16.4. The number of benzene rings is 1. The second-order valence-corrected chi connectivity index (χ2v) is 6.40. The van der Waals surface area contributed by atoms with Gasteiger partial charge in [0.1, 0.15) is 6.26 Å². The highest BCUT2D eigenvalue weighted by molar-refractivity contribution is 5.75. The smallest absolute Gasteiger partial charge is 0.311 e. The molecule has 1 N–H and O–H groups in total. The number of likely N-dealkylation sites (tertiary alicyclic amines) is 1. The number of carboxylic acid groups (broad SMARTS) is 1. The van der Waals surface area contributed by atoms with Crippen LogP contribution in [0.25, 0.3) is 11.5 Å². The molecular weight excluding hydrogens is 304 g/mol. The third-order valence-electron chi connectivity index (χ3n) is 4.60. The molecule has 0 bridgehead atoms. The van der Waals surface area contributed by atoms with Gasteiger partial charge in [-0.15, -0.1) is 6.58 Å². The zero-order valence-corrected chi connectivity index (χ0v) is 13.6. The third kappa shape index (κ3) is 3.41. The van der Waals surface area contributed by atoms with Crippen molar-refractivity contribution in [2.45, 2.75) is 25.8 Å². The molecule has 1 fully saturated rings. The van der Waals surface area contributed by atoms with Crippen LogP contribution in [0.3, 0.4) is 0 Å². The van der Waals surface area contributed by atoms with E-state index in [1.54, 1.807) is 12.3 Å². The number of aliphatic carboxylic acids is 1. The lowest BCUT2D eigenvalue weighted by Gasteiger charge is -2.39. The molecule has 5 heteroatoms. The maximum absolute atomic E-state index is 11.7. The molecule has 24 heavy (non-hydrogen) atoms. The topological polar surface area (TPSA) is 66.6 Å². The minimum atomic E-state index is -0.739. The molecule has 1 unspecified atom stereocenters. The first-order valence-corrected chi connectivity index (χ1v) is 8.19. The van der Waals surface area contributed by atoms with E-state index < -0.39 is 11.4 Å². The zero-order valence-electron chi connectivity index (χ0n) is 13.6. The van der Waals surface area contributed by atoms with Gasteiger partial charge >= 0.3 is 5.97 Å². The third-order valence-corrected chi connectivity index (χ3v) is 4.60. The Hall–Kier alpha value is -2.40. The Morgan fingerprint density at radius 2 is 2.21 bits per heavy atom. The highest BCUT2D eigenvalue weighted by Crippen LogP contribution is 2.35. The molecule has 5 nitrogen and oxygen atoms in total. The van der Waals surface area contributed by atoms with Gasteiger partial charge in [-0.3, -0.25) is 9.69 Å². The summed E-state index contributed by atoms with van der Waals surface area (Å²) in [4.78, 5) is 18.4. The number of carbonyl (C=O) groups is 1. The monoisotopic (exact) mass is 326 g/mol. The van der Waals surface area contributed by atoms with Gasteiger partial charge in [0.15, 0.2) is 0 Å². The number of carboxylic acids is 1. The van der Waals surface area contributed by atoms with Crippen LogP contribution in [0, 0.1) is 5.41 Å². The molecule has 1 aliphatic rings. The summed E-state index contributed by atoms with van der Waals surface area (Å²) in [6, 6.07) is 9.75. The minimum absolute atomic E-state index is 0.493. The number of hydrogen-bond donors (Lipinski definition) is 1. The Balaban J connectivity index is 1.71. The normalized spacial score (nSPS) is 21.5. The van der Waals surface area contributed by atoms with Crippen molar-refractivity contribution in [3.8, 4) is 11.5 Å². The molecule has 3 rings (SSSR count). The Morgan fingerprint density at radius 1 is 1.42 bits per heavy atom. The lowest BCUT2D eigenvalue weighted by atomic mass is 9.77.